The number of halogens is 1. The minimum atomic E-state index is 0. The van der Waals surface area contributed by atoms with Crippen LogP contribution in [0.4, 0.5) is 0 Å². The van der Waals surface area contributed by atoms with Gasteiger partial charge in [-0.2, -0.15) is 5.10 Å². The molecule has 0 bridgehead atoms. The van der Waals surface area contributed by atoms with Gasteiger partial charge < -0.3 is 9.47 Å². The van der Waals surface area contributed by atoms with E-state index in [-0.39, 0.29) is 12.4 Å². The standard InChI is InChI=1S/C18H31N3O2.ClH/c1-16-15-17(19-21(16)18-5-3-2-4-6-18)7-11-22-12-8-20-9-13-23-14-10-20;/h15,18H,2-14H2,1H3;1H. The Morgan fingerprint density at radius 2 is 1.92 bits per heavy atom. The van der Waals surface area contributed by atoms with Crippen LogP contribution in [0.2, 0.25) is 0 Å². The van der Waals surface area contributed by atoms with E-state index in [1.807, 2.05) is 0 Å². The summed E-state index contributed by atoms with van der Waals surface area (Å²) in [6.45, 7) is 8.57. The van der Waals surface area contributed by atoms with Gasteiger partial charge >= 0.3 is 0 Å². The smallest absolute Gasteiger partial charge is 0.0650 e. The summed E-state index contributed by atoms with van der Waals surface area (Å²) in [6, 6.07) is 2.86. The van der Waals surface area contributed by atoms with Crippen molar-refractivity contribution in [1.29, 1.82) is 0 Å². The molecule has 0 spiro atoms. The van der Waals surface area contributed by atoms with Gasteiger partial charge in [0.15, 0.2) is 0 Å². The van der Waals surface area contributed by atoms with Crippen molar-refractivity contribution in [2.45, 2.75) is 51.5 Å². The number of aryl methyl sites for hydroxylation is 1. The molecule has 138 valence electrons. The molecule has 0 atom stereocenters. The Kier molecular flexibility index (Phi) is 8.53. The van der Waals surface area contributed by atoms with Crippen molar-refractivity contribution in [1.82, 2.24) is 14.7 Å². The van der Waals surface area contributed by atoms with Crippen LogP contribution in [0, 0.1) is 6.92 Å². The predicted octanol–water partition coefficient (Wildman–Crippen LogP) is 3.01. The quantitative estimate of drug-likeness (QED) is 0.703. The molecule has 0 amide bonds. The van der Waals surface area contributed by atoms with Crippen LogP contribution < -0.4 is 0 Å². The monoisotopic (exact) mass is 357 g/mol. The number of hydrogen-bond donors (Lipinski definition) is 0. The van der Waals surface area contributed by atoms with E-state index in [0.717, 1.165) is 52.5 Å². The average molecular weight is 358 g/mol. The van der Waals surface area contributed by atoms with E-state index >= 15 is 0 Å². The summed E-state index contributed by atoms with van der Waals surface area (Å²) in [4.78, 5) is 2.41. The first-order valence-corrected chi connectivity index (χ1v) is 9.26. The van der Waals surface area contributed by atoms with Gasteiger partial charge in [0.25, 0.3) is 0 Å². The van der Waals surface area contributed by atoms with Crippen LogP contribution in [-0.2, 0) is 15.9 Å². The Balaban J connectivity index is 0.00000208. The molecule has 1 saturated heterocycles. The summed E-state index contributed by atoms with van der Waals surface area (Å²) in [6.07, 6.45) is 7.59. The third-order valence-electron chi connectivity index (χ3n) is 5.05. The van der Waals surface area contributed by atoms with Crippen LogP contribution in [0.1, 0.15) is 49.5 Å². The summed E-state index contributed by atoms with van der Waals surface area (Å²) >= 11 is 0. The van der Waals surface area contributed by atoms with Crippen LogP contribution in [0.15, 0.2) is 6.07 Å². The van der Waals surface area contributed by atoms with E-state index in [0.29, 0.717) is 6.04 Å². The zero-order chi connectivity index (χ0) is 15.9. The van der Waals surface area contributed by atoms with Crippen molar-refractivity contribution in [3.63, 3.8) is 0 Å². The van der Waals surface area contributed by atoms with Gasteiger partial charge in [-0.3, -0.25) is 9.58 Å². The van der Waals surface area contributed by atoms with Crippen molar-refractivity contribution in [2.75, 3.05) is 46.1 Å². The molecule has 2 aliphatic rings. The maximum atomic E-state index is 5.80. The van der Waals surface area contributed by atoms with Gasteiger partial charge in [-0.15, -0.1) is 12.4 Å². The molecule has 5 nitrogen and oxygen atoms in total. The van der Waals surface area contributed by atoms with Crippen LogP contribution in [0.3, 0.4) is 0 Å². The van der Waals surface area contributed by atoms with Crippen molar-refractivity contribution in [3.05, 3.63) is 17.5 Å². The first-order chi connectivity index (χ1) is 11.3. The van der Waals surface area contributed by atoms with Crippen LogP contribution in [0.25, 0.3) is 0 Å². The summed E-state index contributed by atoms with van der Waals surface area (Å²) in [5, 5.41) is 4.83. The third kappa shape index (κ3) is 5.73. The summed E-state index contributed by atoms with van der Waals surface area (Å²) in [5.41, 5.74) is 2.49. The molecule has 1 saturated carbocycles. The number of hydrogen-bond acceptors (Lipinski definition) is 4. The van der Waals surface area contributed by atoms with Crippen molar-refractivity contribution < 1.29 is 9.47 Å². The predicted molar refractivity (Wildman–Crippen MR) is 98.1 cm³/mol. The van der Waals surface area contributed by atoms with Crippen LogP contribution in [-0.4, -0.2) is 60.7 Å². The molecule has 1 aliphatic carbocycles. The molecule has 0 unspecified atom stereocenters. The van der Waals surface area contributed by atoms with Crippen molar-refractivity contribution >= 4 is 12.4 Å². The normalized spacial score (nSPS) is 20.0. The fourth-order valence-corrected chi connectivity index (χ4v) is 3.67. The maximum absolute atomic E-state index is 5.80. The highest BCUT2D eigenvalue weighted by Gasteiger charge is 2.18. The molecule has 2 fully saturated rings. The Labute approximate surface area is 152 Å². The highest BCUT2D eigenvalue weighted by Crippen LogP contribution is 2.28. The number of morpholine rings is 1. The zero-order valence-electron chi connectivity index (χ0n) is 14.9. The molecule has 2 heterocycles. The van der Waals surface area contributed by atoms with Gasteiger partial charge in [-0.05, 0) is 25.8 Å². The van der Waals surface area contributed by atoms with E-state index in [1.165, 1.54) is 43.5 Å². The van der Waals surface area contributed by atoms with Crippen LogP contribution in [0.5, 0.6) is 0 Å². The number of aromatic nitrogens is 2. The van der Waals surface area contributed by atoms with Gasteiger partial charge in [0.1, 0.15) is 0 Å². The lowest BCUT2D eigenvalue weighted by Crippen LogP contribution is -2.38. The van der Waals surface area contributed by atoms with E-state index in [9.17, 15) is 0 Å². The van der Waals surface area contributed by atoms with Crippen LogP contribution >= 0.6 is 12.4 Å². The van der Waals surface area contributed by atoms with Crippen molar-refractivity contribution in [2.24, 2.45) is 0 Å². The number of ether oxygens (including phenoxy) is 2. The van der Waals surface area contributed by atoms with E-state index in [1.54, 1.807) is 0 Å². The third-order valence-corrected chi connectivity index (χ3v) is 5.05. The molecular formula is C18H32ClN3O2. The molecule has 1 aromatic rings. The van der Waals surface area contributed by atoms with Crippen molar-refractivity contribution in [3.8, 4) is 0 Å². The minimum Gasteiger partial charge on any atom is -0.380 e. The molecule has 0 aromatic carbocycles. The fourth-order valence-electron chi connectivity index (χ4n) is 3.67. The lowest BCUT2D eigenvalue weighted by atomic mass is 9.95. The average Bonchev–Trinajstić information content (AvgIpc) is 2.97. The zero-order valence-corrected chi connectivity index (χ0v) is 15.7. The SMILES string of the molecule is Cc1cc(CCOCCN2CCOCC2)nn1C1CCCCC1.Cl. The van der Waals surface area contributed by atoms with Gasteiger partial charge in [-0.25, -0.2) is 0 Å². The lowest BCUT2D eigenvalue weighted by molar-refractivity contribution is 0.0207. The van der Waals surface area contributed by atoms with Gasteiger partial charge in [0.2, 0.25) is 0 Å². The summed E-state index contributed by atoms with van der Waals surface area (Å²) in [7, 11) is 0. The van der Waals surface area contributed by atoms with E-state index < -0.39 is 0 Å². The second-order valence-corrected chi connectivity index (χ2v) is 6.83. The molecule has 24 heavy (non-hydrogen) atoms. The molecule has 1 aromatic heterocycles. The molecule has 0 N–H and O–H groups in total. The first kappa shape index (κ1) is 19.7. The molecule has 1 aliphatic heterocycles. The first-order valence-electron chi connectivity index (χ1n) is 9.26. The van der Waals surface area contributed by atoms with Gasteiger partial charge in [0.05, 0.1) is 38.2 Å². The second-order valence-electron chi connectivity index (χ2n) is 6.83. The molecule has 3 rings (SSSR count). The Bertz CT molecular complexity index is 469. The lowest BCUT2D eigenvalue weighted by Gasteiger charge is -2.26. The largest absolute Gasteiger partial charge is 0.380 e. The molecule has 0 radical (unpaired) electrons. The van der Waals surface area contributed by atoms with E-state index in [2.05, 4.69) is 22.6 Å². The second kappa shape index (κ2) is 10.4. The van der Waals surface area contributed by atoms with Gasteiger partial charge in [-0.1, -0.05) is 19.3 Å². The molecular weight excluding hydrogens is 326 g/mol. The summed E-state index contributed by atoms with van der Waals surface area (Å²) < 4.78 is 13.4. The Morgan fingerprint density at radius 1 is 1.17 bits per heavy atom. The maximum Gasteiger partial charge on any atom is 0.0650 e. The minimum absolute atomic E-state index is 0. The Hall–Kier alpha value is -0.620. The molecule has 6 heteroatoms. The highest BCUT2D eigenvalue weighted by atomic mass is 35.5. The fraction of sp³-hybridized carbons (Fsp3) is 0.833. The number of rotatable bonds is 7. The number of nitrogens with zero attached hydrogens (tertiary/aromatic N) is 3. The summed E-state index contributed by atoms with van der Waals surface area (Å²) in [5.74, 6) is 0. The Morgan fingerprint density at radius 3 is 2.67 bits per heavy atom. The highest BCUT2D eigenvalue weighted by molar-refractivity contribution is 5.85. The topological polar surface area (TPSA) is 39.5 Å². The van der Waals surface area contributed by atoms with Gasteiger partial charge in [0, 0.05) is 31.7 Å². The van der Waals surface area contributed by atoms with E-state index in [4.69, 9.17) is 14.6 Å².